The summed E-state index contributed by atoms with van der Waals surface area (Å²) in [6.07, 6.45) is 6.08. The Kier molecular flexibility index (Phi) is 4.77. The van der Waals surface area contributed by atoms with Crippen LogP contribution in [0.25, 0.3) is 0 Å². The number of aromatic carboxylic acids is 1. The topological polar surface area (TPSA) is 92.5 Å². The molecule has 0 amide bonds. The number of carboxylic acid groups (broad SMARTS) is 1. The number of rotatable bonds is 5. The second-order valence-corrected chi connectivity index (χ2v) is 5.63. The number of benzene rings is 1. The van der Waals surface area contributed by atoms with Crippen LogP contribution >= 0.6 is 0 Å². The van der Waals surface area contributed by atoms with Gasteiger partial charge in [-0.05, 0) is 37.8 Å². The van der Waals surface area contributed by atoms with Crippen molar-refractivity contribution >= 4 is 17.3 Å². The lowest BCUT2D eigenvalue weighted by Crippen LogP contribution is -2.27. The van der Waals surface area contributed by atoms with Crippen molar-refractivity contribution in [2.75, 3.05) is 5.32 Å². The lowest BCUT2D eigenvalue weighted by molar-refractivity contribution is -0.385. The van der Waals surface area contributed by atoms with Crippen LogP contribution < -0.4 is 5.32 Å². The summed E-state index contributed by atoms with van der Waals surface area (Å²) in [5, 5.41) is 23.2. The molecule has 1 aromatic rings. The van der Waals surface area contributed by atoms with Crippen LogP contribution in [-0.4, -0.2) is 22.0 Å². The summed E-state index contributed by atoms with van der Waals surface area (Å²) in [6, 6.07) is 4.41. The first kappa shape index (κ1) is 15.3. The maximum atomic E-state index is 11.0. The van der Waals surface area contributed by atoms with Gasteiger partial charge in [0, 0.05) is 17.8 Å². The fraction of sp³-hybridized carbons (Fsp3) is 0.533. The first-order valence-corrected chi connectivity index (χ1v) is 7.27. The fourth-order valence-electron chi connectivity index (χ4n) is 2.97. The van der Waals surface area contributed by atoms with Gasteiger partial charge in [-0.1, -0.05) is 19.3 Å². The summed E-state index contributed by atoms with van der Waals surface area (Å²) in [5.41, 5.74) is -0.0519. The Morgan fingerprint density at radius 1 is 1.38 bits per heavy atom. The number of nitro groups is 1. The lowest BCUT2D eigenvalue weighted by Gasteiger charge is -2.29. The largest absolute Gasteiger partial charge is 0.477 e. The van der Waals surface area contributed by atoms with Gasteiger partial charge in [-0.3, -0.25) is 10.1 Å². The Morgan fingerprint density at radius 3 is 2.62 bits per heavy atom. The molecule has 0 radical (unpaired) electrons. The fourth-order valence-corrected chi connectivity index (χ4v) is 2.97. The molecule has 0 aliphatic heterocycles. The maximum absolute atomic E-state index is 11.0. The molecule has 1 aliphatic carbocycles. The molecule has 0 spiro atoms. The van der Waals surface area contributed by atoms with Crippen molar-refractivity contribution in [1.29, 1.82) is 0 Å². The Balaban J connectivity index is 2.14. The molecule has 0 bridgehead atoms. The average molecular weight is 292 g/mol. The SMILES string of the molecule is CC(Nc1ccc(C(=O)O)c([N+](=O)[O-])c1)C1CCCCC1. The van der Waals surface area contributed by atoms with E-state index in [0.717, 1.165) is 0 Å². The minimum absolute atomic E-state index is 0.223. The second kappa shape index (κ2) is 6.56. The molecule has 0 heterocycles. The molecule has 2 rings (SSSR count). The predicted octanol–water partition coefficient (Wildman–Crippen LogP) is 3.67. The molecule has 1 aromatic carbocycles. The van der Waals surface area contributed by atoms with Gasteiger partial charge < -0.3 is 10.4 Å². The van der Waals surface area contributed by atoms with Gasteiger partial charge in [-0.15, -0.1) is 0 Å². The average Bonchev–Trinajstić information content (AvgIpc) is 2.47. The summed E-state index contributed by atoms with van der Waals surface area (Å²) in [7, 11) is 0. The third-order valence-electron chi connectivity index (χ3n) is 4.18. The monoisotopic (exact) mass is 292 g/mol. The van der Waals surface area contributed by atoms with Crippen molar-refractivity contribution in [2.45, 2.75) is 45.1 Å². The van der Waals surface area contributed by atoms with Crippen LogP contribution in [0.2, 0.25) is 0 Å². The molecule has 114 valence electrons. The van der Waals surface area contributed by atoms with E-state index in [2.05, 4.69) is 12.2 Å². The van der Waals surface area contributed by atoms with Crippen LogP contribution in [0.5, 0.6) is 0 Å². The molecule has 1 fully saturated rings. The van der Waals surface area contributed by atoms with Crippen molar-refractivity contribution in [3.8, 4) is 0 Å². The van der Waals surface area contributed by atoms with E-state index in [0.29, 0.717) is 11.6 Å². The zero-order valence-corrected chi connectivity index (χ0v) is 12.0. The van der Waals surface area contributed by atoms with E-state index >= 15 is 0 Å². The van der Waals surface area contributed by atoms with Crippen molar-refractivity contribution < 1.29 is 14.8 Å². The molecule has 0 aromatic heterocycles. The summed E-state index contributed by atoms with van der Waals surface area (Å²) in [6.45, 7) is 2.08. The first-order valence-electron chi connectivity index (χ1n) is 7.27. The van der Waals surface area contributed by atoms with Crippen LogP contribution in [0.3, 0.4) is 0 Å². The summed E-state index contributed by atoms with van der Waals surface area (Å²) in [4.78, 5) is 21.3. The minimum Gasteiger partial charge on any atom is -0.477 e. The van der Waals surface area contributed by atoms with E-state index in [9.17, 15) is 14.9 Å². The number of carbonyl (C=O) groups is 1. The number of anilines is 1. The third kappa shape index (κ3) is 3.71. The van der Waals surface area contributed by atoms with E-state index in [1.54, 1.807) is 6.07 Å². The Morgan fingerprint density at radius 2 is 2.05 bits per heavy atom. The summed E-state index contributed by atoms with van der Waals surface area (Å²) < 4.78 is 0. The highest BCUT2D eigenvalue weighted by molar-refractivity contribution is 5.93. The van der Waals surface area contributed by atoms with E-state index in [4.69, 9.17) is 5.11 Å². The molecule has 0 saturated heterocycles. The van der Waals surface area contributed by atoms with E-state index < -0.39 is 10.9 Å². The number of nitrogens with zero attached hydrogens (tertiary/aromatic N) is 1. The molecular weight excluding hydrogens is 272 g/mol. The smallest absolute Gasteiger partial charge is 0.342 e. The molecule has 1 atom stereocenters. The molecule has 21 heavy (non-hydrogen) atoms. The van der Waals surface area contributed by atoms with Gasteiger partial charge in [0.05, 0.1) is 4.92 Å². The molecule has 6 heteroatoms. The third-order valence-corrected chi connectivity index (χ3v) is 4.18. The Labute approximate surface area is 123 Å². The first-order chi connectivity index (χ1) is 9.99. The number of hydrogen-bond acceptors (Lipinski definition) is 4. The molecule has 2 N–H and O–H groups in total. The minimum atomic E-state index is -1.28. The number of carboxylic acids is 1. The highest BCUT2D eigenvalue weighted by Crippen LogP contribution is 2.29. The molecule has 1 unspecified atom stereocenters. The Hall–Kier alpha value is -2.11. The van der Waals surface area contributed by atoms with Crippen molar-refractivity contribution in [3.63, 3.8) is 0 Å². The number of hydrogen-bond donors (Lipinski definition) is 2. The van der Waals surface area contributed by atoms with Crippen LogP contribution in [0, 0.1) is 16.0 Å². The zero-order chi connectivity index (χ0) is 15.4. The van der Waals surface area contributed by atoms with Gasteiger partial charge in [-0.25, -0.2) is 4.79 Å². The van der Waals surface area contributed by atoms with Crippen LogP contribution in [0.1, 0.15) is 49.4 Å². The van der Waals surface area contributed by atoms with Crippen LogP contribution in [-0.2, 0) is 0 Å². The van der Waals surface area contributed by atoms with E-state index in [1.165, 1.54) is 44.2 Å². The molecule has 6 nitrogen and oxygen atoms in total. The van der Waals surface area contributed by atoms with Crippen LogP contribution in [0.15, 0.2) is 18.2 Å². The summed E-state index contributed by atoms with van der Waals surface area (Å²) >= 11 is 0. The van der Waals surface area contributed by atoms with Crippen molar-refractivity contribution in [1.82, 2.24) is 0 Å². The van der Waals surface area contributed by atoms with Gasteiger partial charge in [0.15, 0.2) is 0 Å². The van der Waals surface area contributed by atoms with E-state index in [-0.39, 0.29) is 17.3 Å². The number of nitro benzene ring substituents is 1. The molecule has 1 aliphatic rings. The maximum Gasteiger partial charge on any atom is 0.342 e. The van der Waals surface area contributed by atoms with E-state index in [1.807, 2.05) is 0 Å². The standard InChI is InChI=1S/C15H20N2O4/c1-10(11-5-3-2-4-6-11)16-12-7-8-13(15(18)19)14(9-12)17(20)21/h7-11,16H,2-6H2,1H3,(H,18,19). The molecule has 1 saturated carbocycles. The zero-order valence-electron chi connectivity index (χ0n) is 12.0. The Bertz CT molecular complexity index is 538. The normalized spacial score (nSPS) is 17.2. The van der Waals surface area contributed by atoms with Gasteiger partial charge in [0.2, 0.25) is 0 Å². The van der Waals surface area contributed by atoms with Gasteiger partial charge in [0.25, 0.3) is 5.69 Å². The van der Waals surface area contributed by atoms with Crippen molar-refractivity contribution in [2.24, 2.45) is 5.92 Å². The van der Waals surface area contributed by atoms with Gasteiger partial charge in [0.1, 0.15) is 5.56 Å². The van der Waals surface area contributed by atoms with Crippen LogP contribution in [0.4, 0.5) is 11.4 Å². The predicted molar refractivity (Wildman–Crippen MR) is 79.7 cm³/mol. The second-order valence-electron chi connectivity index (χ2n) is 5.63. The van der Waals surface area contributed by atoms with Gasteiger partial charge >= 0.3 is 5.97 Å². The number of nitrogens with one attached hydrogen (secondary N) is 1. The summed E-state index contributed by atoms with van der Waals surface area (Å²) in [5.74, 6) is -0.717. The van der Waals surface area contributed by atoms with Gasteiger partial charge in [-0.2, -0.15) is 0 Å². The quantitative estimate of drug-likeness (QED) is 0.638. The highest BCUT2D eigenvalue weighted by atomic mass is 16.6. The van der Waals surface area contributed by atoms with Crippen molar-refractivity contribution in [3.05, 3.63) is 33.9 Å². The molecular formula is C15H20N2O4. The lowest BCUT2D eigenvalue weighted by atomic mass is 9.84. The highest BCUT2D eigenvalue weighted by Gasteiger charge is 2.23.